The van der Waals surface area contributed by atoms with Gasteiger partial charge in [-0.3, -0.25) is 9.59 Å². The molecule has 1 amide bonds. The standard InChI is InChI=1S/C20H22ClNO4/c1-22(13-19(24)15-5-9-17(26-2)10-6-15)20(25)12-11-18(23)14-3-7-16(21)8-4-14/h3-10,19,24H,11-13H2,1-2H3. The first-order valence-corrected chi connectivity index (χ1v) is 8.63. The van der Waals surface area contributed by atoms with Gasteiger partial charge in [-0.2, -0.15) is 0 Å². The number of likely N-dealkylation sites (N-methyl/N-ethyl adjacent to an activating group) is 1. The minimum absolute atomic E-state index is 0.0906. The lowest BCUT2D eigenvalue weighted by molar-refractivity contribution is -0.131. The maximum Gasteiger partial charge on any atom is 0.222 e. The van der Waals surface area contributed by atoms with Crippen molar-refractivity contribution < 1.29 is 19.4 Å². The van der Waals surface area contributed by atoms with Gasteiger partial charge in [0.05, 0.1) is 19.8 Å². The van der Waals surface area contributed by atoms with Crippen molar-refractivity contribution in [2.45, 2.75) is 18.9 Å². The molecule has 2 aromatic rings. The lowest BCUT2D eigenvalue weighted by Crippen LogP contribution is -2.31. The fourth-order valence-electron chi connectivity index (χ4n) is 2.48. The predicted octanol–water partition coefficient (Wildman–Crippen LogP) is 3.50. The molecule has 1 N–H and O–H groups in total. The van der Waals surface area contributed by atoms with E-state index in [-0.39, 0.29) is 31.1 Å². The number of nitrogens with zero attached hydrogens (tertiary/aromatic N) is 1. The van der Waals surface area contributed by atoms with Crippen molar-refractivity contribution in [3.63, 3.8) is 0 Å². The second-order valence-corrected chi connectivity index (χ2v) is 6.43. The van der Waals surface area contributed by atoms with Gasteiger partial charge in [-0.05, 0) is 42.0 Å². The van der Waals surface area contributed by atoms with Gasteiger partial charge >= 0.3 is 0 Å². The van der Waals surface area contributed by atoms with E-state index in [1.54, 1.807) is 62.7 Å². The highest BCUT2D eigenvalue weighted by Crippen LogP contribution is 2.19. The van der Waals surface area contributed by atoms with E-state index in [4.69, 9.17) is 16.3 Å². The van der Waals surface area contributed by atoms with E-state index in [9.17, 15) is 14.7 Å². The highest BCUT2D eigenvalue weighted by atomic mass is 35.5. The highest BCUT2D eigenvalue weighted by molar-refractivity contribution is 6.30. The number of rotatable bonds is 8. The molecule has 0 spiro atoms. The molecule has 2 rings (SSSR count). The smallest absolute Gasteiger partial charge is 0.222 e. The predicted molar refractivity (Wildman–Crippen MR) is 101 cm³/mol. The molecule has 0 bridgehead atoms. The molecule has 0 aliphatic heterocycles. The molecule has 0 fully saturated rings. The molecule has 0 aromatic heterocycles. The van der Waals surface area contributed by atoms with Crippen LogP contribution in [0.2, 0.25) is 5.02 Å². The second-order valence-electron chi connectivity index (χ2n) is 5.99. The number of ketones is 1. The molecule has 0 radical (unpaired) electrons. The van der Waals surface area contributed by atoms with Gasteiger partial charge in [-0.25, -0.2) is 0 Å². The number of benzene rings is 2. The normalized spacial score (nSPS) is 11.7. The fraction of sp³-hybridized carbons (Fsp3) is 0.300. The second kappa shape index (κ2) is 9.36. The number of Topliss-reactive ketones (excluding diaryl/α,β-unsaturated/α-hetero) is 1. The Morgan fingerprint density at radius 2 is 1.69 bits per heavy atom. The summed E-state index contributed by atoms with van der Waals surface area (Å²) >= 11 is 5.80. The Morgan fingerprint density at radius 1 is 1.08 bits per heavy atom. The largest absolute Gasteiger partial charge is 0.497 e. The van der Waals surface area contributed by atoms with Crippen LogP contribution >= 0.6 is 11.6 Å². The first-order chi connectivity index (χ1) is 12.4. The van der Waals surface area contributed by atoms with Crippen LogP contribution in [0, 0.1) is 0 Å². The third-order valence-electron chi connectivity index (χ3n) is 4.11. The monoisotopic (exact) mass is 375 g/mol. The Hall–Kier alpha value is -2.37. The molecular formula is C20H22ClNO4. The lowest BCUT2D eigenvalue weighted by Gasteiger charge is -2.21. The Balaban J connectivity index is 1.84. The molecule has 1 unspecified atom stereocenters. The van der Waals surface area contributed by atoms with Crippen molar-refractivity contribution in [2.24, 2.45) is 0 Å². The fourth-order valence-corrected chi connectivity index (χ4v) is 2.61. The van der Waals surface area contributed by atoms with Gasteiger partial charge in [-0.1, -0.05) is 23.7 Å². The molecular weight excluding hydrogens is 354 g/mol. The maximum atomic E-state index is 12.2. The van der Waals surface area contributed by atoms with Crippen molar-refractivity contribution in [1.29, 1.82) is 0 Å². The molecule has 0 saturated heterocycles. The van der Waals surface area contributed by atoms with Crippen LogP contribution in [-0.2, 0) is 4.79 Å². The minimum atomic E-state index is -0.804. The van der Waals surface area contributed by atoms with E-state index in [0.717, 1.165) is 0 Å². The Labute approximate surface area is 158 Å². The summed E-state index contributed by atoms with van der Waals surface area (Å²) < 4.78 is 5.08. The van der Waals surface area contributed by atoms with Crippen LogP contribution in [0.25, 0.3) is 0 Å². The van der Waals surface area contributed by atoms with Gasteiger partial charge in [0.15, 0.2) is 5.78 Å². The molecule has 2 aromatic carbocycles. The summed E-state index contributed by atoms with van der Waals surface area (Å²) in [5.41, 5.74) is 1.23. The molecule has 5 nitrogen and oxygen atoms in total. The van der Waals surface area contributed by atoms with Crippen molar-refractivity contribution in [1.82, 2.24) is 4.90 Å². The van der Waals surface area contributed by atoms with Crippen LogP contribution in [0.5, 0.6) is 5.75 Å². The number of halogens is 1. The Kier molecular flexibility index (Phi) is 7.18. The lowest BCUT2D eigenvalue weighted by atomic mass is 10.1. The molecule has 0 aliphatic carbocycles. The van der Waals surface area contributed by atoms with Crippen LogP contribution in [0.15, 0.2) is 48.5 Å². The maximum absolute atomic E-state index is 12.2. The zero-order valence-corrected chi connectivity index (χ0v) is 15.6. The molecule has 0 heterocycles. The average Bonchev–Trinajstić information content (AvgIpc) is 2.66. The average molecular weight is 376 g/mol. The molecule has 1 atom stereocenters. The van der Waals surface area contributed by atoms with Gasteiger partial charge in [0.1, 0.15) is 5.75 Å². The van der Waals surface area contributed by atoms with Gasteiger partial charge in [0.25, 0.3) is 0 Å². The van der Waals surface area contributed by atoms with E-state index in [0.29, 0.717) is 21.9 Å². The number of hydrogen-bond donors (Lipinski definition) is 1. The summed E-state index contributed by atoms with van der Waals surface area (Å²) in [5, 5.41) is 10.8. The number of amides is 1. The van der Waals surface area contributed by atoms with E-state index in [1.807, 2.05) is 0 Å². The number of methoxy groups -OCH3 is 1. The highest BCUT2D eigenvalue weighted by Gasteiger charge is 2.17. The van der Waals surface area contributed by atoms with Gasteiger partial charge in [0, 0.05) is 30.5 Å². The number of carbonyl (C=O) groups is 2. The zero-order valence-electron chi connectivity index (χ0n) is 14.8. The van der Waals surface area contributed by atoms with Gasteiger partial charge < -0.3 is 14.7 Å². The number of carbonyl (C=O) groups excluding carboxylic acids is 2. The quantitative estimate of drug-likeness (QED) is 0.717. The Morgan fingerprint density at radius 3 is 2.27 bits per heavy atom. The summed E-state index contributed by atoms with van der Waals surface area (Å²) in [6, 6.07) is 13.6. The third kappa shape index (κ3) is 5.58. The van der Waals surface area contributed by atoms with Crippen LogP contribution in [-0.4, -0.2) is 42.4 Å². The molecule has 6 heteroatoms. The minimum Gasteiger partial charge on any atom is -0.497 e. The van der Waals surface area contributed by atoms with Crippen molar-refractivity contribution >= 4 is 23.3 Å². The van der Waals surface area contributed by atoms with E-state index < -0.39 is 6.10 Å². The molecule has 138 valence electrons. The van der Waals surface area contributed by atoms with Crippen LogP contribution < -0.4 is 4.74 Å². The first kappa shape index (κ1) is 19.9. The summed E-state index contributed by atoms with van der Waals surface area (Å²) in [7, 11) is 3.19. The topological polar surface area (TPSA) is 66.8 Å². The summed E-state index contributed by atoms with van der Waals surface area (Å²) in [6.07, 6.45) is -0.599. The van der Waals surface area contributed by atoms with Crippen LogP contribution in [0.3, 0.4) is 0 Å². The van der Waals surface area contributed by atoms with Crippen molar-refractivity contribution in [3.05, 3.63) is 64.7 Å². The molecule has 0 saturated carbocycles. The van der Waals surface area contributed by atoms with E-state index in [1.165, 1.54) is 4.90 Å². The zero-order chi connectivity index (χ0) is 19.1. The first-order valence-electron chi connectivity index (χ1n) is 8.25. The van der Waals surface area contributed by atoms with Gasteiger partial charge in [0.2, 0.25) is 5.91 Å². The Bertz CT molecular complexity index is 743. The summed E-state index contributed by atoms with van der Waals surface area (Å²) in [4.78, 5) is 25.8. The molecule has 26 heavy (non-hydrogen) atoms. The van der Waals surface area contributed by atoms with Crippen molar-refractivity contribution in [2.75, 3.05) is 20.7 Å². The number of aliphatic hydroxyl groups excluding tert-OH is 1. The van der Waals surface area contributed by atoms with E-state index in [2.05, 4.69) is 0 Å². The van der Waals surface area contributed by atoms with E-state index >= 15 is 0 Å². The van der Waals surface area contributed by atoms with Crippen LogP contribution in [0.4, 0.5) is 0 Å². The van der Waals surface area contributed by atoms with Gasteiger partial charge in [-0.15, -0.1) is 0 Å². The van der Waals surface area contributed by atoms with Crippen LogP contribution in [0.1, 0.15) is 34.9 Å². The molecule has 0 aliphatic rings. The number of ether oxygens (including phenoxy) is 1. The number of aliphatic hydroxyl groups is 1. The third-order valence-corrected chi connectivity index (χ3v) is 4.36. The SMILES string of the molecule is COc1ccc(C(O)CN(C)C(=O)CCC(=O)c2ccc(Cl)cc2)cc1. The summed E-state index contributed by atoms with van der Waals surface area (Å²) in [5.74, 6) is 0.394. The summed E-state index contributed by atoms with van der Waals surface area (Å²) in [6.45, 7) is 0.153. The number of hydrogen-bond acceptors (Lipinski definition) is 4. The van der Waals surface area contributed by atoms with Crippen molar-refractivity contribution in [3.8, 4) is 5.75 Å².